The fourth-order valence-corrected chi connectivity index (χ4v) is 2.34. The van der Waals surface area contributed by atoms with Crippen LogP contribution in [0.2, 0.25) is 0 Å². The maximum atomic E-state index is 12.2. The van der Waals surface area contributed by atoms with Gasteiger partial charge in [0.1, 0.15) is 12.1 Å². The maximum absolute atomic E-state index is 12.2. The van der Waals surface area contributed by atoms with Crippen LogP contribution < -0.4 is 21.3 Å². The number of rotatable bonds is 11. The highest BCUT2D eigenvalue weighted by atomic mass is 127. The molecule has 0 heterocycles. The number of carbonyl (C=O) groups excluding carboxylic acids is 2. The molecule has 0 bridgehead atoms. The lowest BCUT2D eigenvalue weighted by molar-refractivity contribution is -0.119. The summed E-state index contributed by atoms with van der Waals surface area (Å²) >= 11 is 0. The molecule has 0 aromatic carbocycles. The first kappa shape index (κ1) is 29.9. The minimum Gasteiger partial charge on any atom is -0.444 e. The molecule has 0 atom stereocenters. The van der Waals surface area contributed by atoms with Crippen molar-refractivity contribution in [3.05, 3.63) is 0 Å². The van der Waals surface area contributed by atoms with Crippen molar-refractivity contribution >= 4 is 41.9 Å². The van der Waals surface area contributed by atoms with Gasteiger partial charge in [-0.25, -0.2) is 9.79 Å². The zero-order chi connectivity index (χ0) is 21.6. The lowest BCUT2D eigenvalue weighted by Gasteiger charge is -2.34. The van der Waals surface area contributed by atoms with Gasteiger partial charge in [-0.1, -0.05) is 13.8 Å². The normalized spacial score (nSPS) is 11.9. The third-order valence-electron chi connectivity index (χ3n) is 4.07. The minimum atomic E-state index is -0.558. The Morgan fingerprint density at radius 2 is 1.62 bits per heavy atom. The van der Waals surface area contributed by atoms with E-state index in [0.29, 0.717) is 45.0 Å². The van der Waals surface area contributed by atoms with E-state index < -0.39 is 17.2 Å². The molecule has 0 rings (SSSR count). The Morgan fingerprint density at radius 3 is 2.10 bits per heavy atom. The fraction of sp³-hybridized carbons (Fsp3) is 0.842. The molecular weight excluding hydrogens is 489 g/mol. The standard InChI is InChI=1S/C19H39N5O4.HI/c1-8-19(9-2,24-17(26)28-18(4,5)6)14-23-16(20-10-3)22-13-15(25)21-11-12-27-7;/h8-14H2,1-7H3,(H,21,25)(H,24,26)(H2,20,22,23);1H. The van der Waals surface area contributed by atoms with E-state index in [9.17, 15) is 9.59 Å². The van der Waals surface area contributed by atoms with Gasteiger partial charge in [0.2, 0.25) is 5.91 Å². The number of hydrogen-bond donors (Lipinski definition) is 4. The summed E-state index contributed by atoms with van der Waals surface area (Å²) in [4.78, 5) is 28.3. The van der Waals surface area contributed by atoms with E-state index >= 15 is 0 Å². The zero-order valence-corrected chi connectivity index (χ0v) is 21.3. The van der Waals surface area contributed by atoms with Crippen molar-refractivity contribution in [2.24, 2.45) is 4.99 Å². The highest BCUT2D eigenvalue weighted by molar-refractivity contribution is 14.0. The van der Waals surface area contributed by atoms with Crippen LogP contribution in [0.3, 0.4) is 0 Å². The average Bonchev–Trinajstić information content (AvgIpc) is 2.61. The molecule has 2 amide bonds. The molecule has 0 saturated carbocycles. The number of nitrogens with zero attached hydrogens (tertiary/aromatic N) is 1. The predicted octanol–water partition coefficient (Wildman–Crippen LogP) is 2.01. The van der Waals surface area contributed by atoms with Crippen LogP contribution in [0.25, 0.3) is 0 Å². The second-order valence-electron chi connectivity index (χ2n) is 7.51. The lowest BCUT2D eigenvalue weighted by Crippen LogP contribution is -2.57. The van der Waals surface area contributed by atoms with Crippen molar-refractivity contribution in [1.29, 1.82) is 0 Å². The summed E-state index contributed by atoms with van der Waals surface area (Å²) < 4.78 is 10.3. The van der Waals surface area contributed by atoms with E-state index in [1.54, 1.807) is 7.11 Å². The van der Waals surface area contributed by atoms with Crippen LogP contribution in [0.4, 0.5) is 4.79 Å². The zero-order valence-electron chi connectivity index (χ0n) is 18.9. The van der Waals surface area contributed by atoms with Gasteiger partial charge >= 0.3 is 6.09 Å². The molecule has 4 N–H and O–H groups in total. The molecule has 0 radical (unpaired) electrons. The van der Waals surface area contributed by atoms with Gasteiger partial charge in [0.15, 0.2) is 5.96 Å². The van der Waals surface area contributed by atoms with Gasteiger partial charge < -0.3 is 30.7 Å². The number of ether oxygens (including phenoxy) is 2. The summed E-state index contributed by atoms with van der Waals surface area (Å²) in [5.74, 6) is 0.333. The molecule has 29 heavy (non-hydrogen) atoms. The lowest BCUT2D eigenvalue weighted by atomic mass is 9.93. The summed E-state index contributed by atoms with van der Waals surface area (Å²) in [5, 5.41) is 12.0. The van der Waals surface area contributed by atoms with Gasteiger partial charge in [0.25, 0.3) is 0 Å². The van der Waals surface area contributed by atoms with Crippen LogP contribution in [0.1, 0.15) is 54.4 Å². The SMILES string of the molecule is CCNC(=NCC(=O)NCCOC)NCC(CC)(CC)NC(=O)OC(C)(C)C.I. The van der Waals surface area contributed by atoms with Crippen LogP contribution in [0, 0.1) is 0 Å². The number of methoxy groups -OCH3 is 1. The first-order valence-corrected chi connectivity index (χ1v) is 9.90. The summed E-state index contributed by atoms with van der Waals surface area (Å²) in [6.07, 6.45) is 0.983. The Morgan fingerprint density at radius 1 is 1.00 bits per heavy atom. The van der Waals surface area contributed by atoms with Crippen molar-refractivity contribution in [2.45, 2.75) is 65.5 Å². The Hall–Kier alpha value is -1.30. The van der Waals surface area contributed by atoms with Crippen LogP contribution in [-0.2, 0) is 14.3 Å². The number of hydrogen-bond acceptors (Lipinski definition) is 5. The largest absolute Gasteiger partial charge is 0.444 e. The molecular formula is C19H40IN5O4. The summed E-state index contributed by atoms with van der Waals surface area (Å²) in [5.41, 5.74) is -1.05. The third-order valence-corrected chi connectivity index (χ3v) is 4.07. The van der Waals surface area contributed by atoms with Gasteiger partial charge in [0.05, 0.1) is 12.1 Å². The van der Waals surface area contributed by atoms with Gasteiger partial charge in [-0.05, 0) is 40.5 Å². The number of alkyl carbamates (subject to hydrolysis) is 1. The molecule has 0 spiro atoms. The third kappa shape index (κ3) is 14.3. The quantitative estimate of drug-likeness (QED) is 0.141. The number of carbonyl (C=O) groups is 2. The molecule has 0 aliphatic rings. The highest BCUT2D eigenvalue weighted by Crippen LogP contribution is 2.16. The summed E-state index contributed by atoms with van der Waals surface area (Å²) in [6, 6.07) is 0. The molecule has 0 aromatic rings. The first-order valence-electron chi connectivity index (χ1n) is 9.90. The van der Waals surface area contributed by atoms with Crippen molar-refractivity contribution in [1.82, 2.24) is 21.3 Å². The van der Waals surface area contributed by atoms with E-state index in [0.717, 1.165) is 0 Å². The second-order valence-corrected chi connectivity index (χ2v) is 7.51. The summed E-state index contributed by atoms with van der Waals surface area (Å²) in [7, 11) is 1.58. The van der Waals surface area contributed by atoms with E-state index in [2.05, 4.69) is 26.3 Å². The van der Waals surface area contributed by atoms with Crippen molar-refractivity contribution < 1.29 is 19.1 Å². The van der Waals surface area contributed by atoms with Crippen molar-refractivity contribution in [3.63, 3.8) is 0 Å². The first-order chi connectivity index (χ1) is 13.1. The van der Waals surface area contributed by atoms with Gasteiger partial charge in [-0.2, -0.15) is 0 Å². The molecule has 10 heteroatoms. The van der Waals surface area contributed by atoms with E-state index in [1.165, 1.54) is 0 Å². The second kappa shape index (κ2) is 15.5. The van der Waals surface area contributed by atoms with Crippen LogP contribution >= 0.6 is 24.0 Å². The highest BCUT2D eigenvalue weighted by Gasteiger charge is 2.30. The molecule has 9 nitrogen and oxygen atoms in total. The number of guanidine groups is 1. The Balaban J connectivity index is 0. The Labute approximate surface area is 192 Å². The number of amides is 2. The van der Waals surface area contributed by atoms with Crippen molar-refractivity contribution in [2.75, 3.05) is 39.9 Å². The van der Waals surface area contributed by atoms with E-state index in [4.69, 9.17) is 9.47 Å². The molecule has 0 aromatic heterocycles. The van der Waals surface area contributed by atoms with E-state index in [1.807, 2.05) is 41.5 Å². The van der Waals surface area contributed by atoms with Crippen LogP contribution in [-0.4, -0.2) is 69.0 Å². The predicted molar refractivity (Wildman–Crippen MR) is 127 cm³/mol. The Bertz CT molecular complexity index is 505. The van der Waals surface area contributed by atoms with Gasteiger partial charge in [-0.3, -0.25) is 4.79 Å². The van der Waals surface area contributed by atoms with Gasteiger partial charge in [-0.15, -0.1) is 24.0 Å². The minimum absolute atomic E-state index is 0. The van der Waals surface area contributed by atoms with Crippen molar-refractivity contribution in [3.8, 4) is 0 Å². The monoisotopic (exact) mass is 529 g/mol. The van der Waals surface area contributed by atoms with Gasteiger partial charge in [0, 0.05) is 26.7 Å². The van der Waals surface area contributed by atoms with Crippen LogP contribution in [0.5, 0.6) is 0 Å². The number of aliphatic imine (C=N–C) groups is 1. The fourth-order valence-electron chi connectivity index (χ4n) is 2.34. The smallest absolute Gasteiger partial charge is 0.408 e. The molecule has 0 aliphatic heterocycles. The molecule has 0 saturated heterocycles. The van der Waals surface area contributed by atoms with Crippen LogP contribution in [0.15, 0.2) is 4.99 Å². The number of halogens is 1. The summed E-state index contributed by atoms with van der Waals surface area (Å²) in [6.45, 7) is 13.5. The topological polar surface area (TPSA) is 113 Å². The Kier molecular flexibility index (Phi) is 16.0. The average molecular weight is 529 g/mol. The molecule has 172 valence electrons. The molecule has 0 aliphatic carbocycles. The molecule has 0 fully saturated rings. The molecule has 0 unspecified atom stereocenters. The van der Waals surface area contributed by atoms with E-state index in [-0.39, 0.29) is 36.4 Å². The maximum Gasteiger partial charge on any atom is 0.408 e. The number of nitrogens with one attached hydrogen (secondary N) is 4.